The lowest BCUT2D eigenvalue weighted by molar-refractivity contribution is 0.267. The van der Waals surface area contributed by atoms with Crippen LogP contribution in [-0.2, 0) is 6.42 Å². The van der Waals surface area contributed by atoms with E-state index in [4.69, 9.17) is 12.2 Å². The molecule has 1 aliphatic heterocycles. The van der Waals surface area contributed by atoms with Crippen LogP contribution in [-0.4, -0.2) is 42.2 Å². The van der Waals surface area contributed by atoms with Crippen molar-refractivity contribution >= 4 is 17.3 Å². The van der Waals surface area contributed by atoms with Crippen molar-refractivity contribution < 1.29 is 0 Å². The van der Waals surface area contributed by atoms with Crippen molar-refractivity contribution in [3.63, 3.8) is 0 Å². The molecule has 0 bridgehead atoms. The summed E-state index contributed by atoms with van der Waals surface area (Å²) in [6.07, 6.45) is 3.61. The first-order valence-electron chi connectivity index (χ1n) is 7.59. The Morgan fingerprint density at radius 1 is 1.30 bits per heavy atom. The molecule has 1 aromatic carbocycles. The van der Waals surface area contributed by atoms with Gasteiger partial charge in [0.2, 0.25) is 0 Å². The summed E-state index contributed by atoms with van der Waals surface area (Å²) in [5.41, 5.74) is 1.34. The second kappa shape index (κ2) is 8.22. The molecule has 1 heterocycles. The molecule has 0 radical (unpaired) electrons. The van der Waals surface area contributed by atoms with Crippen LogP contribution in [0.4, 0.5) is 0 Å². The fourth-order valence-corrected chi connectivity index (χ4v) is 2.97. The summed E-state index contributed by atoms with van der Waals surface area (Å²) in [6.45, 7) is 6.45. The first kappa shape index (κ1) is 15.3. The molecule has 2 N–H and O–H groups in total. The summed E-state index contributed by atoms with van der Waals surface area (Å²) >= 11 is 5.34. The lowest BCUT2D eigenvalue weighted by atomic mass is 10.1. The Bertz CT molecular complexity index is 407. The van der Waals surface area contributed by atoms with Gasteiger partial charge in [-0.25, -0.2) is 0 Å². The molecule has 1 fully saturated rings. The molecule has 1 saturated heterocycles. The van der Waals surface area contributed by atoms with E-state index in [0.29, 0.717) is 6.04 Å². The zero-order valence-corrected chi connectivity index (χ0v) is 13.1. The van der Waals surface area contributed by atoms with E-state index in [1.54, 1.807) is 0 Å². The van der Waals surface area contributed by atoms with Crippen LogP contribution in [0.25, 0.3) is 0 Å². The molecule has 1 aliphatic rings. The number of likely N-dealkylation sites (tertiary alicyclic amines) is 1. The average Bonchev–Trinajstić information content (AvgIpc) is 2.94. The Labute approximate surface area is 127 Å². The summed E-state index contributed by atoms with van der Waals surface area (Å²) in [5, 5.41) is 7.42. The number of nitrogens with one attached hydrogen (secondary N) is 2. The third-order valence-corrected chi connectivity index (χ3v) is 4.23. The number of hydrogen-bond donors (Lipinski definition) is 2. The highest BCUT2D eigenvalue weighted by Crippen LogP contribution is 2.15. The topological polar surface area (TPSA) is 27.3 Å². The van der Waals surface area contributed by atoms with E-state index in [1.165, 1.54) is 24.9 Å². The molecule has 1 aromatic rings. The molecule has 0 unspecified atom stereocenters. The highest BCUT2D eigenvalue weighted by atomic mass is 32.1. The average molecular weight is 291 g/mol. The summed E-state index contributed by atoms with van der Waals surface area (Å²) < 4.78 is 0. The van der Waals surface area contributed by atoms with Crippen molar-refractivity contribution in [2.75, 3.05) is 26.2 Å². The van der Waals surface area contributed by atoms with E-state index < -0.39 is 0 Å². The van der Waals surface area contributed by atoms with Gasteiger partial charge in [0, 0.05) is 19.1 Å². The Kier molecular flexibility index (Phi) is 6.27. The number of benzene rings is 1. The summed E-state index contributed by atoms with van der Waals surface area (Å²) in [6, 6.07) is 11.1. The van der Waals surface area contributed by atoms with Crippen molar-refractivity contribution in [3.05, 3.63) is 35.9 Å². The van der Waals surface area contributed by atoms with Crippen molar-refractivity contribution in [2.24, 2.45) is 0 Å². The zero-order valence-electron chi connectivity index (χ0n) is 12.3. The van der Waals surface area contributed by atoms with E-state index in [1.807, 2.05) is 6.07 Å². The van der Waals surface area contributed by atoms with Gasteiger partial charge in [-0.05, 0) is 50.1 Å². The van der Waals surface area contributed by atoms with Crippen molar-refractivity contribution in [1.82, 2.24) is 15.5 Å². The van der Waals surface area contributed by atoms with Crippen LogP contribution in [0.15, 0.2) is 30.3 Å². The van der Waals surface area contributed by atoms with E-state index in [9.17, 15) is 0 Å². The number of likely N-dealkylation sites (N-methyl/N-ethyl adjacent to an activating group) is 1. The van der Waals surface area contributed by atoms with Gasteiger partial charge in [0.05, 0.1) is 0 Å². The molecular weight excluding hydrogens is 266 g/mol. The Hall–Kier alpha value is -1.13. The third kappa shape index (κ3) is 4.76. The largest absolute Gasteiger partial charge is 0.362 e. The Morgan fingerprint density at radius 3 is 2.85 bits per heavy atom. The zero-order chi connectivity index (χ0) is 14.2. The normalized spacial score (nSPS) is 18.9. The highest BCUT2D eigenvalue weighted by molar-refractivity contribution is 7.80. The molecule has 3 nitrogen and oxygen atoms in total. The molecular formula is C16H25N3S. The van der Waals surface area contributed by atoms with Gasteiger partial charge in [-0.3, -0.25) is 4.90 Å². The van der Waals surface area contributed by atoms with Crippen LogP contribution < -0.4 is 10.6 Å². The summed E-state index contributed by atoms with van der Waals surface area (Å²) in [5.74, 6) is 0. The minimum Gasteiger partial charge on any atom is -0.362 e. The van der Waals surface area contributed by atoms with Crippen LogP contribution >= 0.6 is 12.2 Å². The standard InChI is InChI=1S/C16H25N3S/c1-2-19-12-6-9-15(19)13-18-16(20)17-11-10-14-7-4-3-5-8-14/h3-5,7-8,15H,2,6,9-13H2,1H3,(H2,17,18,20)/t15-/m1/s1. The van der Waals surface area contributed by atoms with Gasteiger partial charge >= 0.3 is 0 Å². The van der Waals surface area contributed by atoms with Crippen LogP contribution in [0.5, 0.6) is 0 Å². The number of thiocarbonyl (C=S) groups is 1. The van der Waals surface area contributed by atoms with E-state index >= 15 is 0 Å². The molecule has 2 rings (SSSR count). The first-order valence-corrected chi connectivity index (χ1v) is 8.00. The Morgan fingerprint density at radius 2 is 2.10 bits per heavy atom. The van der Waals surface area contributed by atoms with Crippen molar-refractivity contribution in [3.8, 4) is 0 Å². The summed E-state index contributed by atoms with van der Waals surface area (Å²) in [4.78, 5) is 2.53. The van der Waals surface area contributed by atoms with Gasteiger partial charge in [-0.2, -0.15) is 0 Å². The van der Waals surface area contributed by atoms with Gasteiger partial charge in [0.25, 0.3) is 0 Å². The van der Waals surface area contributed by atoms with Crippen molar-refractivity contribution in [1.29, 1.82) is 0 Å². The maximum absolute atomic E-state index is 5.34. The van der Waals surface area contributed by atoms with Crippen LogP contribution in [0, 0.1) is 0 Å². The highest BCUT2D eigenvalue weighted by Gasteiger charge is 2.22. The quantitative estimate of drug-likeness (QED) is 0.786. The molecule has 20 heavy (non-hydrogen) atoms. The number of rotatable bonds is 6. The second-order valence-electron chi connectivity index (χ2n) is 5.30. The monoisotopic (exact) mass is 291 g/mol. The van der Waals surface area contributed by atoms with E-state index in [0.717, 1.165) is 31.2 Å². The first-order chi connectivity index (χ1) is 9.79. The lowest BCUT2D eigenvalue weighted by Crippen LogP contribution is -2.44. The van der Waals surface area contributed by atoms with E-state index in [2.05, 4.69) is 46.7 Å². The molecule has 1 atom stereocenters. The molecule has 4 heteroatoms. The molecule has 0 amide bonds. The van der Waals surface area contributed by atoms with Crippen LogP contribution in [0.1, 0.15) is 25.3 Å². The van der Waals surface area contributed by atoms with E-state index in [-0.39, 0.29) is 0 Å². The van der Waals surface area contributed by atoms with Gasteiger partial charge in [0.15, 0.2) is 5.11 Å². The molecule has 0 saturated carbocycles. The van der Waals surface area contributed by atoms with Crippen LogP contribution in [0.3, 0.4) is 0 Å². The molecule has 0 aliphatic carbocycles. The third-order valence-electron chi connectivity index (χ3n) is 3.95. The second-order valence-corrected chi connectivity index (χ2v) is 5.71. The molecule has 0 aromatic heterocycles. The fourth-order valence-electron chi connectivity index (χ4n) is 2.78. The minimum atomic E-state index is 0.647. The SMILES string of the molecule is CCN1CCC[C@@H]1CNC(=S)NCCc1ccccc1. The lowest BCUT2D eigenvalue weighted by Gasteiger charge is -2.23. The smallest absolute Gasteiger partial charge is 0.166 e. The minimum absolute atomic E-state index is 0.647. The fraction of sp³-hybridized carbons (Fsp3) is 0.562. The Balaban J connectivity index is 1.61. The maximum Gasteiger partial charge on any atom is 0.166 e. The maximum atomic E-state index is 5.34. The van der Waals surface area contributed by atoms with Crippen molar-refractivity contribution in [2.45, 2.75) is 32.2 Å². The summed E-state index contributed by atoms with van der Waals surface area (Å²) in [7, 11) is 0. The van der Waals surface area contributed by atoms with Gasteiger partial charge in [-0.1, -0.05) is 37.3 Å². The van der Waals surface area contributed by atoms with Crippen LogP contribution in [0.2, 0.25) is 0 Å². The predicted octanol–water partition coefficient (Wildman–Crippen LogP) is 2.18. The molecule has 0 spiro atoms. The van der Waals surface area contributed by atoms with Gasteiger partial charge in [0.1, 0.15) is 0 Å². The number of nitrogens with zero attached hydrogens (tertiary/aromatic N) is 1. The molecule has 110 valence electrons. The van der Waals surface area contributed by atoms with Gasteiger partial charge in [-0.15, -0.1) is 0 Å². The predicted molar refractivity (Wildman–Crippen MR) is 89.0 cm³/mol. The number of hydrogen-bond acceptors (Lipinski definition) is 2. The van der Waals surface area contributed by atoms with Gasteiger partial charge < -0.3 is 10.6 Å².